The summed E-state index contributed by atoms with van der Waals surface area (Å²) in [6.07, 6.45) is 4.88. The molecule has 0 atom stereocenters. The second kappa shape index (κ2) is 6.31. The third-order valence-electron chi connectivity index (χ3n) is 4.95. The largest absolute Gasteiger partial charge is 0.349 e. The maximum Gasteiger partial charge on any atom is 0.227 e. The predicted molar refractivity (Wildman–Crippen MR) is 94.6 cm³/mol. The van der Waals surface area contributed by atoms with Gasteiger partial charge in [-0.25, -0.2) is 4.39 Å². The van der Waals surface area contributed by atoms with Gasteiger partial charge in [0.05, 0.1) is 17.6 Å². The summed E-state index contributed by atoms with van der Waals surface area (Å²) in [6, 6.07) is 10.6. The number of amides is 1. The van der Waals surface area contributed by atoms with E-state index in [1.165, 1.54) is 17.0 Å². The lowest BCUT2D eigenvalue weighted by Crippen LogP contribution is -2.51. The van der Waals surface area contributed by atoms with Crippen LogP contribution in [0.4, 0.5) is 4.39 Å². The molecule has 3 aromatic rings. The molecule has 4 nitrogen and oxygen atoms in total. The molecule has 4 rings (SSSR count). The van der Waals surface area contributed by atoms with Gasteiger partial charge < -0.3 is 9.47 Å². The fourth-order valence-corrected chi connectivity index (χ4v) is 3.56. The van der Waals surface area contributed by atoms with Gasteiger partial charge in [0.1, 0.15) is 5.82 Å². The van der Waals surface area contributed by atoms with E-state index in [2.05, 4.69) is 15.6 Å². The molecular formula is C20H20FN3O. The Morgan fingerprint density at radius 1 is 1.24 bits per heavy atom. The molecule has 5 heteroatoms. The first-order valence-corrected chi connectivity index (χ1v) is 8.52. The van der Waals surface area contributed by atoms with Crippen molar-refractivity contribution in [3.63, 3.8) is 0 Å². The molecule has 1 fully saturated rings. The van der Waals surface area contributed by atoms with Crippen LogP contribution in [0, 0.1) is 11.7 Å². The van der Waals surface area contributed by atoms with Gasteiger partial charge in [-0.05, 0) is 36.1 Å². The molecule has 0 saturated carbocycles. The Kier molecular flexibility index (Phi) is 3.99. The molecule has 25 heavy (non-hydrogen) atoms. The molecule has 0 N–H and O–H groups in total. The van der Waals surface area contributed by atoms with Gasteiger partial charge in [-0.3, -0.25) is 9.78 Å². The molecule has 0 radical (unpaired) electrons. The lowest BCUT2D eigenvalue weighted by atomic mass is 9.93. The number of nitrogens with zero attached hydrogens (tertiary/aromatic N) is 3. The Bertz CT molecular complexity index is 928. The molecule has 0 aliphatic carbocycles. The molecule has 0 spiro atoms. The molecule has 1 aromatic carbocycles. The highest BCUT2D eigenvalue weighted by Gasteiger charge is 2.31. The summed E-state index contributed by atoms with van der Waals surface area (Å²) >= 11 is 0. The predicted octanol–water partition coefficient (Wildman–Crippen LogP) is 2.96. The zero-order valence-corrected chi connectivity index (χ0v) is 14.2. The van der Waals surface area contributed by atoms with E-state index in [1.54, 1.807) is 18.2 Å². The summed E-state index contributed by atoms with van der Waals surface area (Å²) in [7, 11) is 2.03. The lowest BCUT2D eigenvalue weighted by molar-refractivity contribution is -0.136. The number of carbonyl (C=O) groups is 1. The highest BCUT2D eigenvalue weighted by Crippen LogP contribution is 2.25. The van der Waals surface area contributed by atoms with Crippen molar-refractivity contribution >= 4 is 16.8 Å². The van der Waals surface area contributed by atoms with Crippen LogP contribution in [0.3, 0.4) is 0 Å². The number of hydrogen-bond acceptors (Lipinski definition) is 2. The highest BCUT2D eigenvalue weighted by molar-refractivity contribution is 5.82. The highest BCUT2D eigenvalue weighted by atomic mass is 19.1. The van der Waals surface area contributed by atoms with Crippen LogP contribution in [0.15, 0.2) is 48.8 Å². The third-order valence-corrected chi connectivity index (χ3v) is 4.95. The van der Waals surface area contributed by atoms with Crippen molar-refractivity contribution in [1.82, 2.24) is 14.5 Å². The summed E-state index contributed by atoms with van der Waals surface area (Å²) in [5, 5.41) is 1.19. The topological polar surface area (TPSA) is 38.1 Å². The van der Waals surface area contributed by atoms with Gasteiger partial charge in [-0.15, -0.1) is 0 Å². The first kappa shape index (κ1) is 15.8. The summed E-state index contributed by atoms with van der Waals surface area (Å²) in [4.78, 5) is 18.7. The van der Waals surface area contributed by atoms with Crippen LogP contribution in [-0.2, 0) is 24.7 Å². The Balaban J connectivity index is 1.38. The van der Waals surface area contributed by atoms with Crippen molar-refractivity contribution < 1.29 is 9.18 Å². The molecule has 1 saturated heterocycles. The SMILES string of the molecule is Cn1ccc2ccnc(CC3CN(C(=O)Cc4ccccc4F)C3)c21. The maximum absolute atomic E-state index is 13.7. The normalized spacial score (nSPS) is 14.7. The standard InChI is InChI=1S/C20H20FN3O/c1-23-9-7-15-6-8-22-18(20(15)23)10-14-12-24(13-14)19(25)11-16-4-2-3-5-17(16)21/h2-9,14H,10-13H2,1H3. The fraction of sp³-hybridized carbons (Fsp3) is 0.300. The first-order valence-electron chi connectivity index (χ1n) is 8.52. The Morgan fingerprint density at radius 2 is 2.04 bits per heavy atom. The van der Waals surface area contributed by atoms with Crippen LogP contribution in [0.25, 0.3) is 10.9 Å². The summed E-state index contributed by atoms with van der Waals surface area (Å²) < 4.78 is 15.8. The number of aryl methyl sites for hydroxylation is 1. The number of pyridine rings is 1. The first-order chi connectivity index (χ1) is 12.1. The Hall–Kier alpha value is -2.69. The van der Waals surface area contributed by atoms with Crippen LogP contribution in [-0.4, -0.2) is 33.4 Å². The maximum atomic E-state index is 13.7. The molecule has 1 amide bonds. The zero-order valence-electron chi connectivity index (χ0n) is 14.2. The molecule has 2 aromatic heterocycles. The van der Waals surface area contributed by atoms with Crippen molar-refractivity contribution in [2.75, 3.05) is 13.1 Å². The molecule has 0 bridgehead atoms. The number of aromatic nitrogens is 2. The average molecular weight is 337 g/mol. The Labute approximate surface area is 145 Å². The van der Waals surface area contributed by atoms with E-state index < -0.39 is 0 Å². The minimum absolute atomic E-state index is 0.00798. The second-order valence-corrected chi connectivity index (χ2v) is 6.76. The number of likely N-dealkylation sites (tertiary alicyclic amines) is 1. The number of halogens is 1. The van der Waals surface area contributed by atoms with E-state index in [0.29, 0.717) is 11.5 Å². The van der Waals surface area contributed by atoms with E-state index in [9.17, 15) is 9.18 Å². The van der Waals surface area contributed by atoms with E-state index >= 15 is 0 Å². The monoisotopic (exact) mass is 337 g/mol. The summed E-state index contributed by atoms with van der Waals surface area (Å²) in [5.41, 5.74) is 2.71. The summed E-state index contributed by atoms with van der Waals surface area (Å²) in [6.45, 7) is 1.44. The van der Waals surface area contributed by atoms with Crippen molar-refractivity contribution in [1.29, 1.82) is 0 Å². The van der Waals surface area contributed by atoms with Crippen molar-refractivity contribution in [3.05, 3.63) is 65.9 Å². The lowest BCUT2D eigenvalue weighted by Gasteiger charge is -2.39. The second-order valence-electron chi connectivity index (χ2n) is 6.76. The van der Waals surface area contributed by atoms with Crippen LogP contribution in [0.2, 0.25) is 0 Å². The van der Waals surface area contributed by atoms with Gasteiger partial charge in [0.15, 0.2) is 0 Å². The number of carbonyl (C=O) groups excluding carboxylic acids is 1. The minimum Gasteiger partial charge on any atom is -0.349 e. The molecular weight excluding hydrogens is 317 g/mol. The molecule has 3 heterocycles. The van der Waals surface area contributed by atoms with Gasteiger partial charge in [-0.1, -0.05) is 18.2 Å². The molecule has 0 unspecified atom stereocenters. The molecule has 1 aliphatic rings. The average Bonchev–Trinajstić information content (AvgIpc) is 2.95. The number of hydrogen-bond donors (Lipinski definition) is 0. The molecule has 1 aliphatic heterocycles. The van der Waals surface area contributed by atoms with Crippen LogP contribution in [0.1, 0.15) is 11.3 Å². The van der Waals surface area contributed by atoms with Gasteiger partial charge in [0, 0.05) is 37.9 Å². The third kappa shape index (κ3) is 3.02. The number of benzene rings is 1. The van der Waals surface area contributed by atoms with Crippen LogP contribution in [0.5, 0.6) is 0 Å². The summed E-state index contributed by atoms with van der Waals surface area (Å²) in [5.74, 6) is 0.0939. The van der Waals surface area contributed by atoms with Crippen LogP contribution < -0.4 is 0 Å². The van der Waals surface area contributed by atoms with E-state index in [1.807, 2.05) is 30.4 Å². The quantitative estimate of drug-likeness (QED) is 0.734. The van der Waals surface area contributed by atoms with Gasteiger partial charge in [-0.2, -0.15) is 0 Å². The van der Waals surface area contributed by atoms with Crippen molar-refractivity contribution in [3.8, 4) is 0 Å². The molecule has 128 valence electrons. The smallest absolute Gasteiger partial charge is 0.227 e. The number of rotatable bonds is 4. The Morgan fingerprint density at radius 3 is 2.84 bits per heavy atom. The van der Waals surface area contributed by atoms with E-state index in [4.69, 9.17) is 0 Å². The van der Waals surface area contributed by atoms with Crippen LogP contribution >= 0.6 is 0 Å². The van der Waals surface area contributed by atoms with E-state index in [0.717, 1.165) is 25.2 Å². The van der Waals surface area contributed by atoms with Crippen molar-refractivity contribution in [2.24, 2.45) is 13.0 Å². The zero-order chi connectivity index (χ0) is 17.4. The fourth-order valence-electron chi connectivity index (χ4n) is 3.56. The van der Waals surface area contributed by atoms with Gasteiger partial charge >= 0.3 is 0 Å². The number of fused-ring (bicyclic) bond motifs is 1. The minimum atomic E-state index is -0.312. The van der Waals surface area contributed by atoms with Crippen molar-refractivity contribution in [2.45, 2.75) is 12.8 Å². The van der Waals surface area contributed by atoms with Gasteiger partial charge in [0.25, 0.3) is 0 Å². The van der Waals surface area contributed by atoms with E-state index in [-0.39, 0.29) is 18.1 Å². The van der Waals surface area contributed by atoms with Gasteiger partial charge in [0.2, 0.25) is 5.91 Å².